The lowest BCUT2D eigenvalue weighted by molar-refractivity contribution is 0.716. The van der Waals surface area contributed by atoms with Gasteiger partial charge in [0.2, 0.25) is 0 Å². The predicted octanol–water partition coefficient (Wildman–Crippen LogP) is 8.04. The number of allylic oxidation sites excluding steroid dienone is 1. The number of unbranched alkanes of at least 4 members (excludes halogenated alkanes) is 2. The number of fused-ring (bicyclic) bond motifs is 6. The van der Waals surface area contributed by atoms with Gasteiger partial charge >= 0.3 is 0 Å². The number of alkyl halides is 1. The number of benzene rings is 4. The monoisotopic (exact) mass is 414 g/mol. The summed E-state index contributed by atoms with van der Waals surface area (Å²) >= 11 is 3.53. The van der Waals surface area contributed by atoms with E-state index in [1.165, 1.54) is 69.1 Å². The summed E-state index contributed by atoms with van der Waals surface area (Å²) in [6, 6.07) is 22.7. The molecular weight excluding hydrogens is 392 g/mol. The molecule has 0 saturated heterocycles. The van der Waals surface area contributed by atoms with Crippen LogP contribution in [0.5, 0.6) is 0 Å². The fourth-order valence-electron chi connectivity index (χ4n) is 4.51. The normalized spacial score (nSPS) is 13.4. The fourth-order valence-corrected chi connectivity index (χ4v) is 4.90. The number of rotatable bonds is 5. The molecule has 4 aromatic carbocycles. The van der Waals surface area contributed by atoms with E-state index in [1.807, 2.05) is 0 Å². The minimum atomic E-state index is 1.12. The maximum absolute atomic E-state index is 3.53. The standard InChI is InChI=1S/C26H23Br/c27-13-5-1-2-6-18-14-21-9-11-24-23(25(21)15-18)12-10-22-16-19-7-3-4-8-20(19)17-26(22)24/h3-4,7-12,15-17H,1-2,5-6,13-14H2. The van der Waals surface area contributed by atoms with Gasteiger partial charge in [-0.05, 0) is 81.3 Å². The highest BCUT2D eigenvalue weighted by Crippen LogP contribution is 2.37. The smallest absolute Gasteiger partial charge is 0.00313 e. The molecule has 0 amide bonds. The molecule has 0 bridgehead atoms. The largest absolute Gasteiger partial charge is 0.0928 e. The molecule has 0 aromatic heterocycles. The highest BCUT2D eigenvalue weighted by Gasteiger charge is 2.16. The van der Waals surface area contributed by atoms with E-state index in [0.29, 0.717) is 0 Å². The molecule has 0 saturated carbocycles. The molecule has 0 radical (unpaired) electrons. The van der Waals surface area contributed by atoms with Crippen LogP contribution in [0.25, 0.3) is 38.4 Å². The Balaban J connectivity index is 1.59. The third-order valence-electron chi connectivity index (χ3n) is 5.91. The quantitative estimate of drug-likeness (QED) is 0.134. The van der Waals surface area contributed by atoms with Gasteiger partial charge in [-0.15, -0.1) is 0 Å². The molecule has 0 unspecified atom stereocenters. The van der Waals surface area contributed by atoms with Gasteiger partial charge in [0.15, 0.2) is 0 Å². The second kappa shape index (κ2) is 7.13. The summed E-state index contributed by atoms with van der Waals surface area (Å²) in [5, 5.41) is 9.25. The van der Waals surface area contributed by atoms with Crippen molar-refractivity contribution in [3.63, 3.8) is 0 Å². The molecule has 0 fully saturated rings. The van der Waals surface area contributed by atoms with Crippen LogP contribution >= 0.6 is 15.9 Å². The van der Waals surface area contributed by atoms with Gasteiger partial charge in [0, 0.05) is 5.33 Å². The number of hydrogen-bond acceptors (Lipinski definition) is 0. The van der Waals surface area contributed by atoms with Crippen LogP contribution in [-0.2, 0) is 6.42 Å². The minimum Gasteiger partial charge on any atom is -0.0928 e. The van der Waals surface area contributed by atoms with Gasteiger partial charge in [0.1, 0.15) is 0 Å². The van der Waals surface area contributed by atoms with Crippen LogP contribution in [0.2, 0.25) is 0 Å². The maximum Gasteiger partial charge on any atom is 0.00313 e. The Morgan fingerprint density at radius 1 is 0.704 bits per heavy atom. The van der Waals surface area contributed by atoms with Crippen LogP contribution in [-0.4, -0.2) is 5.33 Å². The van der Waals surface area contributed by atoms with Crippen molar-refractivity contribution >= 4 is 54.3 Å². The molecule has 134 valence electrons. The van der Waals surface area contributed by atoms with Gasteiger partial charge < -0.3 is 0 Å². The zero-order valence-electron chi connectivity index (χ0n) is 15.5. The topological polar surface area (TPSA) is 0 Å². The Bertz CT molecular complexity index is 1180. The number of hydrogen-bond donors (Lipinski definition) is 0. The Morgan fingerprint density at radius 3 is 2.37 bits per heavy atom. The van der Waals surface area contributed by atoms with Gasteiger partial charge in [0.05, 0.1) is 0 Å². The van der Waals surface area contributed by atoms with E-state index < -0.39 is 0 Å². The summed E-state index contributed by atoms with van der Waals surface area (Å²) in [6.45, 7) is 0. The van der Waals surface area contributed by atoms with Gasteiger partial charge in [-0.3, -0.25) is 0 Å². The highest BCUT2D eigenvalue weighted by molar-refractivity contribution is 9.09. The Kier molecular flexibility index (Phi) is 4.49. The molecule has 0 aliphatic heterocycles. The van der Waals surface area contributed by atoms with Crippen LogP contribution in [0.3, 0.4) is 0 Å². The minimum absolute atomic E-state index is 1.12. The van der Waals surface area contributed by atoms with Crippen LogP contribution in [0, 0.1) is 0 Å². The Morgan fingerprint density at radius 2 is 1.52 bits per heavy atom. The third-order valence-corrected chi connectivity index (χ3v) is 6.47. The summed E-state index contributed by atoms with van der Waals surface area (Å²) in [5.41, 5.74) is 4.56. The molecule has 0 spiro atoms. The van der Waals surface area contributed by atoms with E-state index in [0.717, 1.165) is 11.8 Å². The highest BCUT2D eigenvalue weighted by atomic mass is 79.9. The van der Waals surface area contributed by atoms with Gasteiger partial charge in [-0.2, -0.15) is 0 Å². The van der Waals surface area contributed by atoms with Crippen molar-refractivity contribution in [1.82, 2.24) is 0 Å². The van der Waals surface area contributed by atoms with E-state index in [4.69, 9.17) is 0 Å². The van der Waals surface area contributed by atoms with Gasteiger partial charge in [-0.25, -0.2) is 0 Å². The van der Waals surface area contributed by atoms with Gasteiger partial charge in [0.25, 0.3) is 0 Å². The van der Waals surface area contributed by atoms with E-state index in [-0.39, 0.29) is 0 Å². The summed E-state index contributed by atoms with van der Waals surface area (Å²) in [7, 11) is 0. The lowest BCUT2D eigenvalue weighted by atomic mass is 9.94. The third kappa shape index (κ3) is 3.08. The molecule has 5 rings (SSSR count). The Hall–Kier alpha value is -2.12. The summed E-state index contributed by atoms with van der Waals surface area (Å²) < 4.78 is 0. The first-order chi connectivity index (χ1) is 13.3. The van der Waals surface area contributed by atoms with Crippen LogP contribution < -0.4 is 0 Å². The molecular formula is C26H23Br. The molecule has 4 aromatic rings. The first kappa shape index (κ1) is 17.0. The second-order valence-corrected chi connectivity index (χ2v) is 8.49. The molecule has 0 atom stereocenters. The molecule has 27 heavy (non-hydrogen) atoms. The van der Waals surface area contributed by atoms with E-state index in [1.54, 1.807) is 5.57 Å². The zero-order chi connectivity index (χ0) is 18.2. The second-order valence-electron chi connectivity index (χ2n) is 7.70. The molecule has 0 N–H and O–H groups in total. The zero-order valence-corrected chi connectivity index (χ0v) is 17.1. The van der Waals surface area contributed by atoms with E-state index in [9.17, 15) is 0 Å². The lowest BCUT2D eigenvalue weighted by Crippen LogP contribution is -1.88. The average Bonchev–Trinajstić information content (AvgIpc) is 3.13. The molecule has 1 aliphatic carbocycles. The summed E-state index contributed by atoms with van der Waals surface area (Å²) in [5.74, 6) is 0. The van der Waals surface area contributed by atoms with Crippen molar-refractivity contribution in [1.29, 1.82) is 0 Å². The van der Waals surface area contributed by atoms with Crippen molar-refractivity contribution in [2.75, 3.05) is 5.33 Å². The average molecular weight is 415 g/mol. The van der Waals surface area contributed by atoms with Gasteiger partial charge in [-0.1, -0.05) is 82.5 Å². The van der Waals surface area contributed by atoms with Crippen molar-refractivity contribution in [2.24, 2.45) is 0 Å². The van der Waals surface area contributed by atoms with E-state index >= 15 is 0 Å². The van der Waals surface area contributed by atoms with Crippen LogP contribution in [0.1, 0.15) is 36.8 Å². The van der Waals surface area contributed by atoms with Crippen molar-refractivity contribution in [3.05, 3.63) is 77.4 Å². The first-order valence-corrected chi connectivity index (χ1v) is 11.1. The van der Waals surface area contributed by atoms with Crippen molar-refractivity contribution < 1.29 is 0 Å². The van der Waals surface area contributed by atoms with Crippen LogP contribution in [0.4, 0.5) is 0 Å². The number of halogens is 1. The fraction of sp³-hybridized carbons (Fsp3) is 0.231. The first-order valence-electron chi connectivity index (χ1n) is 9.96. The Labute approximate surface area is 169 Å². The molecule has 1 heteroatoms. The molecule has 0 heterocycles. The van der Waals surface area contributed by atoms with E-state index in [2.05, 4.69) is 82.7 Å². The van der Waals surface area contributed by atoms with Crippen LogP contribution in [0.15, 0.2) is 66.2 Å². The maximum atomic E-state index is 3.53. The summed E-state index contributed by atoms with van der Waals surface area (Å²) in [4.78, 5) is 0. The lowest BCUT2D eigenvalue weighted by Gasteiger charge is -2.09. The van der Waals surface area contributed by atoms with Crippen molar-refractivity contribution in [3.8, 4) is 0 Å². The molecule has 1 aliphatic rings. The predicted molar refractivity (Wildman–Crippen MR) is 123 cm³/mol. The SMILES string of the molecule is BrCCCCCC1=Cc2c(ccc3c2ccc2cc4ccccc4cc23)C1. The molecule has 0 nitrogen and oxygen atoms in total. The van der Waals surface area contributed by atoms with Crippen molar-refractivity contribution in [2.45, 2.75) is 32.1 Å². The summed E-state index contributed by atoms with van der Waals surface area (Å²) in [6.07, 6.45) is 8.74.